The third-order valence-corrected chi connectivity index (χ3v) is 1.26. The molecule has 0 aliphatic carbocycles. The highest BCUT2D eigenvalue weighted by molar-refractivity contribution is 5.78. The number of carbonyl (C=O) groups is 2. The van der Waals surface area contributed by atoms with Gasteiger partial charge in [0.05, 0.1) is 7.11 Å². The van der Waals surface area contributed by atoms with E-state index in [-0.39, 0.29) is 6.61 Å². The van der Waals surface area contributed by atoms with Crippen LogP contribution >= 0.6 is 0 Å². The number of hydrogen-bond donors (Lipinski definition) is 0. The monoisotopic (exact) mass is 203 g/mol. The molecular weight excluding hydrogens is 190 g/mol. The number of carbonyl (C=O) groups excluding carboxylic acids is 2. The maximum absolute atomic E-state index is 11.0. The van der Waals surface area contributed by atoms with Crippen molar-refractivity contribution in [2.75, 3.05) is 27.4 Å². The molecule has 14 heavy (non-hydrogen) atoms. The SMILES string of the molecule is C=CCOC(=O)OCC(=O)N(C)OC. The maximum atomic E-state index is 11.0. The molecule has 0 radical (unpaired) electrons. The number of hydrogen-bond acceptors (Lipinski definition) is 5. The van der Waals surface area contributed by atoms with Crippen LogP contribution in [-0.4, -0.2) is 44.5 Å². The van der Waals surface area contributed by atoms with Crippen LogP contribution in [0.2, 0.25) is 0 Å². The zero-order valence-corrected chi connectivity index (χ0v) is 8.19. The quantitative estimate of drug-likeness (QED) is 0.366. The number of rotatable bonds is 5. The molecule has 0 aromatic heterocycles. The second-order valence-electron chi connectivity index (χ2n) is 2.21. The van der Waals surface area contributed by atoms with Crippen molar-refractivity contribution < 1.29 is 23.9 Å². The lowest BCUT2D eigenvalue weighted by Crippen LogP contribution is -2.30. The molecule has 0 bridgehead atoms. The molecule has 0 saturated heterocycles. The molecule has 0 aromatic rings. The van der Waals surface area contributed by atoms with Gasteiger partial charge in [-0.05, 0) is 0 Å². The smallest absolute Gasteiger partial charge is 0.430 e. The van der Waals surface area contributed by atoms with E-state index in [0.29, 0.717) is 0 Å². The summed E-state index contributed by atoms with van der Waals surface area (Å²) in [6.07, 6.45) is 0.479. The third kappa shape index (κ3) is 5.15. The lowest BCUT2D eigenvalue weighted by atomic mass is 10.6. The fourth-order valence-electron chi connectivity index (χ4n) is 0.482. The van der Waals surface area contributed by atoms with Crippen LogP contribution in [0.1, 0.15) is 0 Å². The van der Waals surface area contributed by atoms with Gasteiger partial charge in [0.1, 0.15) is 6.61 Å². The van der Waals surface area contributed by atoms with Crippen molar-refractivity contribution in [3.8, 4) is 0 Å². The van der Waals surface area contributed by atoms with Crippen LogP contribution in [0.15, 0.2) is 12.7 Å². The highest BCUT2D eigenvalue weighted by Gasteiger charge is 2.11. The lowest BCUT2D eigenvalue weighted by molar-refractivity contribution is -0.172. The molecule has 0 rings (SSSR count). The number of nitrogens with zero attached hydrogens (tertiary/aromatic N) is 1. The molecule has 0 aliphatic heterocycles. The summed E-state index contributed by atoms with van der Waals surface area (Å²) in [7, 11) is 2.73. The fourth-order valence-corrected chi connectivity index (χ4v) is 0.482. The Balaban J connectivity index is 3.66. The Morgan fingerprint density at radius 3 is 2.57 bits per heavy atom. The van der Waals surface area contributed by atoms with Crippen LogP contribution in [0.25, 0.3) is 0 Å². The van der Waals surface area contributed by atoms with Gasteiger partial charge in [0.15, 0.2) is 6.61 Å². The summed E-state index contributed by atoms with van der Waals surface area (Å²) in [5.41, 5.74) is 0. The first-order valence-electron chi connectivity index (χ1n) is 3.83. The molecule has 0 heterocycles. The van der Waals surface area contributed by atoms with E-state index < -0.39 is 18.7 Å². The minimum atomic E-state index is -0.914. The fraction of sp³-hybridized carbons (Fsp3) is 0.500. The van der Waals surface area contributed by atoms with Gasteiger partial charge in [-0.15, -0.1) is 0 Å². The van der Waals surface area contributed by atoms with Crippen molar-refractivity contribution in [3.05, 3.63) is 12.7 Å². The van der Waals surface area contributed by atoms with Crippen molar-refractivity contribution in [3.63, 3.8) is 0 Å². The Hall–Kier alpha value is -1.56. The van der Waals surface area contributed by atoms with Crippen molar-refractivity contribution in [2.24, 2.45) is 0 Å². The molecule has 1 amide bonds. The molecule has 6 heteroatoms. The zero-order valence-electron chi connectivity index (χ0n) is 8.19. The highest BCUT2D eigenvalue weighted by atomic mass is 16.7. The average molecular weight is 203 g/mol. The Morgan fingerprint density at radius 2 is 2.07 bits per heavy atom. The van der Waals surface area contributed by atoms with E-state index in [1.54, 1.807) is 0 Å². The zero-order chi connectivity index (χ0) is 11.0. The first kappa shape index (κ1) is 12.4. The second kappa shape index (κ2) is 6.90. The van der Waals surface area contributed by atoms with E-state index in [4.69, 9.17) is 0 Å². The maximum Gasteiger partial charge on any atom is 0.509 e. The molecule has 0 saturated carbocycles. The van der Waals surface area contributed by atoms with Crippen LogP contribution in [-0.2, 0) is 19.1 Å². The molecule has 0 N–H and O–H groups in total. The normalized spacial score (nSPS) is 9.00. The highest BCUT2D eigenvalue weighted by Crippen LogP contribution is 1.89. The molecule has 0 spiro atoms. The van der Waals surface area contributed by atoms with E-state index in [9.17, 15) is 9.59 Å². The van der Waals surface area contributed by atoms with Crippen molar-refractivity contribution in [2.45, 2.75) is 0 Å². The lowest BCUT2D eigenvalue weighted by Gasteiger charge is -2.12. The van der Waals surface area contributed by atoms with Crippen LogP contribution < -0.4 is 0 Å². The number of ether oxygens (including phenoxy) is 2. The molecule has 0 unspecified atom stereocenters. The van der Waals surface area contributed by atoms with Gasteiger partial charge in [0.2, 0.25) is 0 Å². The molecular formula is C8H13NO5. The Labute approximate surface area is 82.0 Å². The minimum Gasteiger partial charge on any atom is -0.430 e. The third-order valence-electron chi connectivity index (χ3n) is 1.26. The van der Waals surface area contributed by atoms with Gasteiger partial charge in [-0.3, -0.25) is 9.63 Å². The Kier molecular flexibility index (Phi) is 6.13. The average Bonchev–Trinajstić information content (AvgIpc) is 2.21. The van der Waals surface area contributed by atoms with Gasteiger partial charge in [-0.1, -0.05) is 12.7 Å². The van der Waals surface area contributed by atoms with Gasteiger partial charge in [-0.2, -0.15) is 0 Å². The summed E-state index contributed by atoms with van der Waals surface area (Å²) >= 11 is 0. The second-order valence-corrected chi connectivity index (χ2v) is 2.21. The molecule has 80 valence electrons. The van der Waals surface area contributed by atoms with E-state index in [2.05, 4.69) is 20.9 Å². The molecule has 0 fully saturated rings. The summed E-state index contributed by atoms with van der Waals surface area (Å²) < 4.78 is 8.91. The van der Waals surface area contributed by atoms with Crippen LogP contribution in [0.4, 0.5) is 4.79 Å². The van der Waals surface area contributed by atoms with E-state index in [1.807, 2.05) is 0 Å². The van der Waals surface area contributed by atoms with Crippen LogP contribution in [0.3, 0.4) is 0 Å². The van der Waals surface area contributed by atoms with Crippen molar-refractivity contribution in [1.82, 2.24) is 5.06 Å². The molecule has 6 nitrogen and oxygen atoms in total. The summed E-state index contributed by atoms with van der Waals surface area (Å²) in [5, 5.41) is 0.945. The van der Waals surface area contributed by atoms with Gasteiger partial charge in [-0.25, -0.2) is 9.86 Å². The van der Waals surface area contributed by atoms with Crippen LogP contribution in [0, 0.1) is 0 Å². The summed E-state index contributed by atoms with van der Waals surface area (Å²) in [4.78, 5) is 26.3. The topological polar surface area (TPSA) is 65.1 Å². The summed E-state index contributed by atoms with van der Waals surface area (Å²) in [6, 6.07) is 0. The number of amides is 1. The predicted octanol–water partition coefficient (Wildman–Crippen LogP) is 0.345. The van der Waals surface area contributed by atoms with Gasteiger partial charge >= 0.3 is 6.16 Å². The number of likely N-dealkylation sites (N-methyl/N-ethyl adjacent to an activating group) is 1. The first-order valence-corrected chi connectivity index (χ1v) is 3.83. The van der Waals surface area contributed by atoms with E-state index in [0.717, 1.165) is 5.06 Å². The Morgan fingerprint density at radius 1 is 1.43 bits per heavy atom. The molecule has 0 aromatic carbocycles. The number of hydroxylamine groups is 2. The molecule has 0 atom stereocenters. The van der Waals surface area contributed by atoms with Crippen molar-refractivity contribution >= 4 is 12.1 Å². The van der Waals surface area contributed by atoms with Crippen LogP contribution in [0.5, 0.6) is 0 Å². The molecule has 0 aliphatic rings. The van der Waals surface area contributed by atoms with Gasteiger partial charge in [0, 0.05) is 7.05 Å². The predicted molar refractivity (Wildman–Crippen MR) is 47.3 cm³/mol. The minimum absolute atomic E-state index is 0.0488. The van der Waals surface area contributed by atoms with Gasteiger partial charge in [0.25, 0.3) is 5.91 Å². The van der Waals surface area contributed by atoms with Crippen molar-refractivity contribution in [1.29, 1.82) is 0 Å². The van der Waals surface area contributed by atoms with E-state index in [1.165, 1.54) is 20.2 Å². The largest absolute Gasteiger partial charge is 0.509 e. The summed E-state index contributed by atoms with van der Waals surface area (Å²) in [6.45, 7) is 2.97. The van der Waals surface area contributed by atoms with Gasteiger partial charge < -0.3 is 9.47 Å². The standard InChI is InChI=1S/C8H13NO5/c1-4-5-13-8(11)14-6-7(10)9(2)12-3/h4H,1,5-6H2,2-3H3. The Bertz CT molecular complexity index is 216. The van der Waals surface area contributed by atoms with E-state index >= 15 is 0 Å². The first-order chi connectivity index (χ1) is 6.61. The summed E-state index contributed by atoms with van der Waals surface area (Å²) in [5.74, 6) is -0.483.